The van der Waals surface area contributed by atoms with Crippen molar-refractivity contribution in [2.45, 2.75) is 18.4 Å². The minimum absolute atomic E-state index is 0.0130. The van der Waals surface area contributed by atoms with Crippen LogP contribution in [0.25, 0.3) is 0 Å². The highest BCUT2D eigenvalue weighted by Gasteiger charge is 2.16. The molecular weight excluding hydrogens is 524 g/mol. The lowest BCUT2D eigenvalue weighted by Crippen LogP contribution is -2.18. The zero-order valence-corrected chi connectivity index (χ0v) is 21.6. The van der Waals surface area contributed by atoms with E-state index in [1.54, 1.807) is 12.1 Å². The van der Waals surface area contributed by atoms with E-state index < -0.39 is 10.0 Å². The Bertz CT molecular complexity index is 1280. The molecule has 34 heavy (non-hydrogen) atoms. The molecule has 3 rings (SSSR count). The first kappa shape index (κ1) is 25.4. The number of hydrazone groups is 1. The molecule has 0 amide bonds. The van der Waals surface area contributed by atoms with Crippen LogP contribution in [0.3, 0.4) is 0 Å². The molecule has 3 aromatic carbocycles. The molecule has 0 atom stereocenters. The molecule has 0 saturated carbocycles. The predicted molar refractivity (Wildman–Crippen MR) is 134 cm³/mol. The molecule has 1 N–H and O–H groups in total. The lowest BCUT2D eigenvalue weighted by Gasteiger charge is -2.14. The number of aryl methyl sites for hydroxylation is 1. The first-order chi connectivity index (χ1) is 16.3. The van der Waals surface area contributed by atoms with Gasteiger partial charge in [-0.1, -0.05) is 29.8 Å². The molecule has 180 valence electrons. The number of nitrogens with one attached hydrogen (secondary N) is 1. The van der Waals surface area contributed by atoms with Gasteiger partial charge in [0.05, 0.1) is 36.9 Å². The van der Waals surface area contributed by atoms with Gasteiger partial charge in [0.1, 0.15) is 6.61 Å². The standard InChI is InChI=1S/C24H25BrN2O6S/c1-16-5-7-17(8-6-16)15-33-24-20(25)11-18(12-23(24)32-4)14-26-27-34(28,29)19-9-10-21(30-2)22(13-19)31-3/h5-14,27H,15H2,1-4H3/b26-14-. The van der Waals surface area contributed by atoms with Crippen LogP contribution in [-0.2, 0) is 16.6 Å². The molecule has 3 aromatic rings. The average Bonchev–Trinajstić information content (AvgIpc) is 2.83. The molecule has 8 nitrogen and oxygen atoms in total. The van der Waals surface area contributed by atoms with Gasteiger partial charge in [0.25, 0.3) is 10.0 Å². The van der Waals surface area contributed by atoms with Crippen LogP contribution in [0.1, 0.15) is 16.7 Å². The number of ether oxygens (including phenoxy) is 4. The molecule has 0 spiro atoms. The van der Waals surface area contributed by atoms with E-state index in [9.17, 15) is 8.42 Å². The van der Waals surface area contributed by atoms with Crippen molar-refractivity contribution in [1.82, 2.24) is 4.83 Å². The van der Waals surface area contributed by atoms with E-state index in [2.05, 4.69) is 25.9 Å². The van der Waals surface area contributed by atoms with Crippen LogP contribution in [0, 0.1) is 6.92 Å². The molecular formula is C24H25BrN2O6S. The van der Waals surface area contributed by atoms with Gasteiger partial charge in [-0.15, -0.1) is 0 Å². The Morgan fingerprint density at radius 3 is 2.24 bits per heavy atom. The summed E-state index contributed by atoms with van der Waals surface area (Å²) in [4.78, 5) is 2.18. The second-order valence-corrected chi connectivity index (χ2v) is 9.69. The summed E-state index contributed by atoms with van der Waals surface area (Å²) in [5.41, 5.74) is 2.80. The van der Waals surface area contributed by atoms with Crippen LogP contribution in [0.5, 0.6) is 23.0 Å². The third-order valence-corrected chi connectivity index (χ3v) is 6.62. The number of methoxy groups -OCH3 is 3. The van der Waals surface area contributed by atoms with Gasteiger partial charge in [0.15, 0.2) is 23.0 Å². The topological polar surface area (TPSA) is 95.5 Å². The van der Waals surface area contributed by atoms with Crippen LogP contribution in [0.4, 0.5) is 0 Å². The second kappa shape index (κ2) is 11.3. The minimum Gasteiger partial charge on any atom is -0.493 e. The largest absolute Gasteiger partial charge is 0.493 e. The van der Waals surface area contributed by atoms with Crippen LogP contribution in [0.15, 0.2) is 69.1 Å². The van der Waals surface area contributed by atoms with Gasteiger partial charge in [0.2, 0.25) is 0 Å². The van der Waals surface area contributed by atoms with Crippen molar-refractivity contribution in [2.24, 2.45) is 5.10 Å². The molecule has 10 heteroatoms. The molecule has 0 aliphatic heterocycles. The average molecular weight is 549 g/mol. The molecule has 0 aromatic heterocycles. The number of halogens is 1. The SMILES string of the molecule is COc1ccc(S(=O)(=O)N/N=C\c2cc(Br)c(OCc3ccc(C)cc3)c(OC)c2)cc1OC. The molecule has 0 unspecified atom stereocenters. The van der Waals surface area contributed by atoms with Gasteiger partial charge in [-0.2, -0.15) is 13.5 Å². The zero-order valence-electron chi connectivity index (χ0n) is 19.2. The Morgan fingerprint density at radius 2 is 1.59 bits per heavy atom. The highest BCUT2D eigenvalue weighted by molar-refractivity contribution is 9.10. The Hall–Kier alpha value is -3.24. The van der Waals surface area contributed by atoms with E-state index in [-0.39, 0.29) is 4.90 Å². The van der Waals surface area contributed by atoms with E-state index in [0.29, 0.717) is 39.6 Å². The molecule has 0 aliphatic carbocycles. The lowest BCUT2D eigenvalue weighted by molar-refractivity contribution is 0.282. The Kier molecular flexibility index (Phi) is 8.41. The summed E-state index contributed by atoms with van der Waals surface area (Å²) < 4.78 is 47.5. The summed E-state index contributed by atoms with van der Waals surface area (Å²) in [6, 6.07) is 15.8. The van der Waals surface area contributed by atoms with Crippen LogP contribution in [0.2, 0.25) is 0 Å². The third-order valence-electron chi connectivity index (χ3n) is 4.81. The highest BCUT2D eigenvalue weighted by atomic mass is 79.9. The van der Waals surface area contributed by atoms with E-state index in [1.807, 2.05) is 31.2 Å². The zero-order chi connectivity index (χ0) is 24.7. The maximum atomic E-state index is 12.6. The number of sulfonamides is 1. The van der Waals surface area contributed by atoms with Crippen molar-refractivity contribution >= 4 is 32.2 Å². The first-order valence-corrected chi connectivity index (χ1v) is 12.4. The van der Waals surface area contributed by atoms with Crippen molar-refractivity contribution in [3.63, 3.8) is 0 Å². The first-order valence-electron chi connectivity index (χ1n) is 10.1. The minimum atomic E-state index is -3.92. The van der Waals surface area contributed by atoms with Crippen molar-refractivity contribution < 1.29 is 27.4 Å². The smallest absolute Gasteiger partial charge is 0.276 e. The van der Waals surface area contributed by atoms with E-state index in [4.69, 9.17) is 18.9 Å². The van der Waals surface area contributed by atoms with E-state index >= 15 is 0 Å². The third kappa shape index (κ3) is 6.21. The summed E-state index contributed by atoms with van der Waals surface area (Å²) in [6.07, 6.45) is 1.37. The number of rotatable bonds is 10. The number of hydrogen-bond donors (Lipinski definition) is 1. The van der Waals surface area contributed by atoms with Gasteiger partial charge in [-0.3, -0.25) is 0 Å². The fourth-order valence-electron chi connectivity index (χ4n) is 3.00. The number of hydrogen-bond acceptors (Lipinski definition) is 7. The van der Waals surface area contributed by atoms with Gasteiger partial charge in [-0.05, 0) is 58.2 Å². The maximum Gasteiger partial charge on any atom is 0.276 e. The monoisotopic (exact) mass is 548 g/mol. The fraction of sp³-hybridized carbons (Fsp3) is 0.208. The van der Waals surface area contributed by atoms with Gasteiger partial charge >= 0.3 is 0 Å². The predicted octanol–water partition coefficient (Wildman–Crippen LogP) is 4.67. The van der Waals surface area contributed by atoms with Crippen LogP contribution < -0.4 is 23.8 Å². The summed E-state index contributed by atoms with van der Waals surface area (Å²) in [5.74, 6) is 1.73. The molecule has 0 bridgehead atoms. The van der Waals surface area contributed by atoms with Crippen molar-refractivity contribution in [2.75, 3.05) is 21.3 Å². The quantitative estimate of drug-likeness (QED) is 0.292. The van der Waals surface area contributed by atoms with Gasteiger partial charge < -0.3 is 18.9 Å². The van der Waals surface area contributed by atoms with Crippen molar-refractivity contribution in [1.29, 1.82) is 0 Å². The number of nitrogens with zero attached hydrogens (tertiary/aromatic N) is 1. The summed E-state index contributed by atoms with van der Waals surface area (Å²) >= 11 is 3.49. The van der Waals surface area contributed by atoms with Crippen molar-refractivity contribution in [3.05, 3.63) is 75.8 Å². The van der Waals surface area contributed by atoms with E-state index in [0.717, 1.165) is 5.56 Å². The highest BCUT2D eigenvalue weighted by Crippen LogP contribution is 2.37. The Morgan fingerprint density at radius 1 is 0.912 bits per heavy atom. The molecule has 0 radical (unpaired) electrons. The number of benzene rings is 3. The normalized spacial score (nSPS) is 11.3. The lowest BCUT2D eigenvalue weighted by atomic mass is 10.2. The summed E-state index contributed by atoms with van der Waals surface area (Å²) in [7, 11) is 0.515. The van der Waals surface area contributed by atoms with Crippen LogP contribution in [-0.4, -0.2) is 36.0 Å². The fourth-order valence-corrected chi connectivity index (χ4v) is 4.38. The summed E-state index contributed by atoms with van der Waals surface area (Å²) in [5, 5.41) is 3.88. The Labute approximate surface area is 207 Å². The molecule has 0 saturated heterocycles. The van der Waals surface area contributed by atoms with E-state index in [1.165, 1.54) is 51.3 Å². The van der Waals surface area contributed by atoms with Crippen molar-refractivity contribution in [3.8, 4) is 23.0 Å². The molecule has 0 fully saturated rings. The molecule has 0 aliphatic rings. The Balaban J connectivity index is 1.74. The second-order valence-electron chi connectivity index (χ2n) is 7.18. The van der Waals surface area contributed by atoms with Crippen LogP contribution >= 0.6 is 15.9 Å². The van der Waals surface area contributed by atoms with Gasteiger partial charge in [-0.25, -0.2) is 4.83 Å². The maximum absolute atomic E-state index is 12.6. The van der Waals surface area contributed by atoms with Gasteiger partial charge in [0, 0.05) is 6.07 Å². The molecule has 0 heterocycles. The summed E-state index contributed by atoms with van der Waals surface area (Å²) in [6.45, 7) is 2.40.